The average molecular weight is 246 g/mol. The summed E-state index contributed by atoms with van der Waals surface area (Å²) in [6.45, 7) is 2.64. The fraction of sp³-hybridized carbons (Fsp3) is 0.308. The fourth-order valence-corrected chi connectivity index (χ4v) is 2.05. The van der Waals surface area contributed by atoms with E-state index in [0.717, 1.165) is 11.8 Å². The Morgan fingerprint density at radius 3 is 2.89 bits per heavy atom. The third-order valence-electron chi connectivity index (χ3n) is 2.83. The van der Waals surface area contributed by atoms with Crippen molar-refractivity contribution in [3.05, 3.63) is 29.5 Å². The maximum atomic E-state index is 11.7. The van der Waals surface area contributed by atoms with Gasteiger partial charge in [0, 0.05) is 18.4 Å². The van der Waals surface area contributed by atoms with Crippen LogP contribution in [0.1, 0.15) is 23.0 Å². The predicted molar refractivity (Wildman–Crippen MR) is 66.5 cm³/mol. The number of methoxy groups -OCH3 is 1. The van der Waals surface area contributed by atoms with Gasteiger partial charge in [0.05, 0.1) is 23.9 Å². The second kappa shape index (κ2) is 5.00. The molecule has 18 heavy (non-hydrogen) atoms. The van der Waals surface area contributed by atoms with Gasteiger partial charge in [0.2, 0.25) is 0 Å². The molecule has 0 fully saturated rings. The lowest BCUT2D eigenvalue weighted by atomic mass is 10.1. The first kappa shape index (κ1) is 12.3. The number of aryl methyl sites for hydroxylation is 1. The summed E-state index contributed by atoms with van der Waals surface area (Å²) in [5.74, 6) is -0.414. The number of carbonyl (C=O) groups excluding carboxylic acids is 2. The molecule has 0 radical (unpaired) electrons. The normalized spacial score (nSPS) is 10.6. The van der Waals surface area contributed by atoms with Crippen LogP contribution in [0.3, 0.4) is 0 Å². The number of esters is 1. The van der Waals surface area contributed by atoms with Gasteiger partial charge in [0.1, 0.15) is 6.29 Å². The highest BCUT2D eigenvalue weighted by molar-refractivity contribution is 6.05. The van der Waals surface area contributed by atoms with Crippen molar-refractivity contribution in [3.63, 3.8) is 0 Å². The van der Waals surface area contributed by atoms with Gasteiger partial charge >= 0.3 is 5.97 Å². The van der Waals surface area contributed by atoms with E-state index in [4.69, 9.17) is 4.74 Å². The minimum atomic E-state index is -0.414. The lowest BCUT2D eigenvalue weighted by molar-refractivity contribution is -0.107. The number of rotatable bonds is 4. The topological polar surface area (TPSA) is 61.2 Å². The fourth-order valence-electron chi connectivity index (χ4n) is 2.05. The van der Waals surface area contributed by atoms with Crippen molar-refractivity contribution >= 4 is 23.2 Å². The van der Waals surface area contributed by atoms with Crippen molar-refractivity contribution in [2.24, 2.45) is 0 Å². The molecule has 0 unspecified atom stereocenters. The van der Waals surface area contributed by atoms with Crippen LogP contribution < -0.4 is 0 Å². The Morgan fingerprint density at radius 2 is 2.28 bits per heavy atom. The van der Waals surface area contributed by atoms with Gasteiger partial charge in [-0.1, -0.05) is 6.07 Å². The summed E-state index contributed by atoms with van der Waals surface area (Å²) in [5, 5.41) is 5.06. The monoisotopic (exact) mass is 246 g/mol. The van der Waals surface area contributed by atoms with Crippen LogP contribution in [0.2, 0.25) is 0 Å². The predicted octanol–water partition coefficient (Wildman–Crippen LogP) is 1.58. The third kappa shape index (κ3) is 1.88. The van der Waals surface area contributed by atoms with Crippen LogP contribution in [0.4, 0.5) is 0 Å². The summed E-state index contributed by atoms with van der Waals surface area (Å²) in [5.41, 5.74) is 1.91. The number of nitrogens with zero attached hydrogens (tertiary/aromatic N) is 2. The number of fused-ring (bicyclic) bond motifs is 1. The Bertz CT molecular complexity index is 602. The Kier molecular flexibility index (Phi) is 3.41. The first-order valence-corrected chi connectivity index (χ1v) is 5.73. The first-order valence-electron chi connectivity index (χ1n) is 5.73. The van der Waals surface area contributed by atoms with E-state index in [0.29, 0.717) is 23.2 Å². The number of hydrogen-bond acceptors (Lipinski definition) is 4. The minimum absolute atomic E-state index is 0.192. The molecule has 2 rings (SSSR count). The molecule has 0 amide bonds. The zero-order valence-electron chi connectivity index (χ0n) is 10.3. The highest BCUT2D eigenvalue weighted by atomic mass is 16.5. The zero-order valence-corrected chi connectivity index (χ0v) is 10.3. The SMILES string of the molecule is CCn1nc(CC=O)c2c(C(=O)OC)cccc21. The van der Waals surface area contributed by atoms with Crippen LogP contribution >= 0.6 is 0 Å². The summed E-state index contributed by atoms with van der Waals surface area (Å²) >= 11 is 0. The van der Waals surface area contributed by atoms with Crippen molar-refractivity contribution in [2.45, 2.75) is 19.9 Å². The minimum Gasteiger partial charge on any atom is -0.465 e. The van der Waals surface area contributed by atoms with Crippen LogP contribution in [-0.2, 0) is 22.5 Å². The van der Waals surface area contributed by atoms with Gasteiger partial charge in [0.15, 0.2) is 0 Å². The lowest BCUT2D eigenvalue weighted by Gasteiger charge is -2.02. The molecule has 1 heterocycles. The van der Waals surface area contributed by atoms with Crippen LogP contribution in [0.25, 0.3) is 10.9 Å². The Balaban J connectivity index is 2.75. The number of hydrogen-bond donors (Lipinski definition) is 0. The van der Waals surface area contributed by atoms with E-state index < -0.39 is 5.97 Å². The van der Waals surface area contributed by atoms with Crippen LogP contribution in [0, 0.1) is 0 Å². The first-order chi connectivity index (χ1) is 8.72. The molecule has 0 saturated carbocycles. The average Bonchev–Trinajstić information content (AvgIpc) is 2.76. The quantitative estimate of drug-likeness (QED) is 0.607. The molecule has 5 heteroatoms. The summed E-state index contributed by atoms with van der Waals surface area (Å²) in [7, 11) is 1.34. The molecule has 0 spiro atoms. The highest BCUT2D eigenvalue weighted by Gasteiger charge is 2.17. The van der Waals surface area contributed by atoms with E-state index in [1.807, 2.05) is 13.0 Å². The largest absolute Gasteiger partial charge is 0.465 e. The molecule has 5 nitrogen and oxygen atoms in total. The van der Waals surface area contributed by atoms with Gasteiger partial charge in [-0.05, 0) is 19.1 Å². The Hall–Kier alpha value is -2.17. The molecule has 94 valence electrons. The summed E-state index contributed by atoms with van der Waals surface area (Å²) in [6, 6.07) is 5.35. The van der Waals surface area contributed by atoms with Gasteiger partial charge in [-0.3, -0.25) is 4.68 Å². The van der Waals surface area contributed by atoms with Gasteiger partial charge in [-0.2, -0.15) is 5.10 Å². The molecule has 0 N–H and O–H groups in total. The molecular formula is C13H14N2O3. The standard InChI is InChI=1S/C13H14N2O3/c1-3-15-11-6-4-5-9(13(17)18-2)12(11)10(14-15)7-8-16/h4-6,8H,3,7H2,1-2H3. The van der Waals surface area contributed by atoms with Crippen LogP contribution in [0.15, 0.2) is 18.2 Å². The van der Waals surface area contributed by atoms with Crippen LogP contribution in [0.5, 0.6) is 0 Å². The maximum Gasteiger partial charge on any atom is 0.338 e. The second-order valence-electron chi connectivity index (χ2n) is 3.82. The molecule has 0 saturated heterocycles. The summed E-state index contributed by atoms with van der Waals surface area (Å²) < 4.78 is 6.53. The van der Waals surface area contributed by atoms with Crippen LogP contribution in [-0.4, -0.2) is 29.1 Å². The number of aromatic nitrogens is 2. The van der Waals surface area contributed by atoms with Gasteiger partial charge in [0.25, 0.3) is 0 Å². The molecule has 0 atom stereocenters. The molecule has 1 aromatic heterocycles. The van der Waals surface area contributed by atoms with Gasteiger partial charge < -0.3 is 9.53 Å². The number of aldehydes is 1. The van der Waals surface area contributed by atoms with E-state index in [-0.39, 0.29) is 6.42 Å². The van der Waals surface area contributed by atoms with Crippen molar-refractivity contribution in [1.82, 2.24) is 9.78 Å². The van der Waals surface area contributed by atoms with E-state index in [2.05, 4.69) is 5.10 Å². The number of ether oxygens (including phenoxy) is 1. The van der Waals surface area contributed by atoms with Gasteiger partial charge in [-0.15, -0.1) is 0 Å². The van der Waals surface area contributed by atoms with E-state index in [9.17, 15) is 9.59 Å². The molecule has 0 aliphatic carbocycles. The third-order valence-corrected chi connectivity index (χ3v) is 2.83. The van der Waals surface area contributed by atoms with Crippen molar-refractivity contribution in [1.29, 1.82) is 0 Å². The van der Waals surface area contributed by atoms with E-state index in [1.165, 1.54) is 7.11 Å². The molecule has 0 bridgehead atoms. The molecule has 2 aromatic rings. The summed E-state index contributed by atoms with van der Waals surface area (Å²) in [4.78, 5) is 22.4. The second-order valence-corrected chi connectivity index (χ2v) is 3.82. The maximum absolute atomic E-state index is 11.7. The van der Waals surface area contributed by atoms with Crippen molar-refractivity contribution < 1.29 is 14.3 Å². The van der Waals surface area contributed by atoms with Crippen molar-refractivity contribution in [2.75, 3.05) is 7.11 Å². The highest BCUT2D eigenvalue weighted by Crippen LogP contribution is 2.23. The Morgan fingerprint density at radius 1 is 1.50 bits per heavy atom. The molecule has 1 aromatic carbocycles. The lowest BCUT2D eigenvalue weighted by Crippen LogP contribution is -2.02. The Labute approximate surface area is 104 Å². The number of carbonyl (C=O) groups is 2. The van der Waals surface area contributed by atoms with E-state index in [1.54, 1.807) is 16.8 Å². The van der Waals surface area contributed by atoms with Gasteiger partial charge in [-0.25, -0.2) is 4.79 Å². The molecule has 0 aliphatic heterocycles. The zero-order chi connectivity index (χ0) is 13.1. The molecule has 0 aliphatic rings. The summed E-state index contributed by atoms with van der Waals surface area (Å²) in [6.07, 6.45) is 0.980. The number of benzene rings is 1. The van der Waals surface area contributed by atoms with E-state index >= 15 is 0 Å². The smallest absolute Gasteiger partial charge is 0.338 e. The molecular weight excluding hydrogens is 232 g/mol. The van der Waals surface area contributed by atoms with Crippen molar-refractivity contribution in [3.8, 4) is 0 Å².